The molecule has 3 heterocycles. The highest BCUT2D eigenvalue weighted by Gasteiger charge is 2.17. The van der Waals surface area contributed by atoms with Gasteiger partial charge in [0.25, 0.3) is 0 Å². The van der Waals surface area contributed by atoms with E-state index in [-0.39, 0.29) is 0 Å². The Morgan fingerprint density at radius 3 is 2.63 bits per heavy atom. The number of rotatable bonds is 6. The Bertz CT molecular complexity index is 836. The zero-order chi connectivity index (χ0) is 18.5. The summed E-state index contributed by atoms with van der Waals surface area (Å²) in [5.74, 6) is 0.771. The second-order valence-electron chi connectivity index (χ2n) is 7.40. The Hall–Kier alpha value is -2.50. The van der Waals surface area contributed by atoms with Gasteiger partial charge >= 0.3 is 0 Å². The van der Waals surface area contributed by atoms with Gasteiger partial charge in [-0.2, -0.15) is 5.10 Å². The molecule has 0 unspecified atom stereocenters. The molecule has 3 aromatic rings. The summed E-state index contributed by atoms with van der Waals surface area (Å²) in [6, 6.07) is 14.3. The van der Waals surface area contributed by atoms with Gasteiger partial charge in [0.1, 0.15) is 0 Å². The zero-order valence-electron chi connectivity index (χ0n) is 15.9. The molecule has 4 rings (SSSR count). The highest BCUT2D eigenvalue weighted by Crippen LogP contribution is 2.23. The van der Waals surface area contributed by atoms with E-state index < -0.39 is 0 Å². The van der Waals surface area contributed by atoms with Gasteiger partial charge in [0.2, 0.25) is 0 Å². The average molecular weight is 361 g/mol. The first-order valence-corrected chi connectivity index (χ1v) is 9.73. The van der Waals surface area contributed by atoms with Crippen LogP contribution in [0, 0.1) is 5.92 Å². The van der Waals surface area contributed by atoms with E-state index in [9.17, 15) is 0 Å². The fourth-order valence-corrected chi connectivity index (χ4v) is 3.68. The Morgan fingerprint density at radius 2 is 1.89 bits per heavy atom. The third-order valence-electron chi connectivity index (χ3n) is 5.33. The second-order valence-corrected chi connectivity index (χ2v) is 7.40. The molecule has 1 N–H and O–H groups in total. The normalized spacial score (nSPS) is 15.9. The smallest absolute Gasteiger partial charge is 0.0988 e. The van der Waals surface area contributed by atoms with E-state index in [1.54, 1.807) is 6.20 Å². The predicted molar refractivity (Wildman–Crippen MR) is 109 cm³/mol. The molecule has 27 heavy (non-hydrogen) atoms. The molecule has 0 radical (unpaired) electrons. The minimum Gasteiger partial charge on any atom is -0.312 e. The van der Waals surface area contributed by atoms with Crippen molar-refractivity contribution in [2.75, 3.05) is 26.7 Å². The van der Waals surface area contributed by atoms with Gasteiger partial charge in [-0.05, 0) is 69.7 Å². The third kappa shape index (κ3) is 4.43. The fourth-order valence-electron chi connectivity index (χ4n) is 3.68. The molecule has 5 nitrogen and oxygen atoms in total. The molecule has 1 saturated heterocycles. The van der Waals surface area contributed by atoms with E-state index in [0.717, 1.165) is 36.0 Å². The van der Waals surface area contributed by atoms with Gasteiger partial charge in [0.05, 0.1) is 11.4 Å². The van der Waals surface area contributed by atoms with E-state index in [4.69, 9.17) is 5.10 Å². The molecule has 140 valence electrons. The molecule has 5 heteroatoms. The molecule has 1 aliphatic heterocycles. The lowest BCUT2D eigenvalue weighted by molar-refractivity contribution is 0.216. The lowest BCUT2D eigenvalue weighted by Crippen LogP contribution is -2.34. The first-order chi connectivity index (χ1) is 13.3. The van der Waals surface area contributed by atoms with Crippen molar-refractivity contribution in [3.05, 3.63) is 66.6 Å². The molecule has 0 amide bonds. The number of pyridine rings is 1. The number of likely N-dealkylation sites (tertiary alicyclic amines) is 1. The van der Waals surface area contributed by atoms with Crippen molar-refractivity contribution in [2.24, 2.45) is 5.92 Å². The van der Waals surface area contributed by atoms with Crippen molar-refractivity contribution < 1.29 is 0 Å². The van der Waals surface area contributed by atoms with Gasteiger partial charge in [0.15, 0.2) is 0 Å². The van der Waals surface area contributed by atoms with Gasteiger partial charge in [-0.15, -0.1) is 0 Å². The Kier molecular flexibility index (Phi) is 5.61. The predicted octanol–water partition coefficient (Wildman–Crippen LogP) is 3.37. The van der Waals surface area contributed by atoms with Gasteiger partial charge in [-0.25, -0.2) is 4.68 Å². The van der Waals surface area contributed by atoms with Crippen LogP contribution in [0.3, 0.4) is 0 Å². The fraction of sp³-hybridized carbons (Fsp3) is 0.364. The summed E-state index contributed by atoms with van der Waals surface area (Å²) in [6.45, 7) is 4.30. The standard InChI is InChI=1S/C22H27N5/c1-26-12-9-18(10-13-26)14-24-16-20-17-27(21-7-3-2-4-8-21)25-22(20)19-6-5-11-23-15-19/h2-8,11,15,17-18,24H,9-10,12-14,16H2,1H3. The van der Waals surface area contributed by atoms with Gasteiger partial charge in [0, 0.05) is 36.3 Å². The van der Waals surface area contributed by atoms with Crippen LogP contribution in [-0.2, 0) is 6.54 Å². The molecular formula is C22H27N5. The third-order valence-corrected chi connectivity index (χ3v) is 5.33. The monoisotopic (exact) mass is 361 g/mol. The molecular weight excluding hydrogens is 334 g/mol. The first-order valence-electron chi connectivity index (χ1n) is 9.73. The van der Waals surface area contributed by atoms with Crippen molar-refractivity contribution in [3.8, 4) is 16.9 Å². The lowest BCUT2D eigenvalue weighted by Gasteiger charge is -2.29. The number of nitrogens with one attached hydrogen (secondary N) is 1. The number of hydrogen-bond acceptors (Lipinski definition) is 4. The van der Waals surface area contributed by atoms with E-state index in [0.29, 0.717) is 0 Å². The van der Waals surface area contributed by atoms with Crippen molar-refractivity contribution in [1.82, 2.24) is 25.0 Å². The van der Waals surface area contributed by atoms with Crippen LogP contribution in [0.4, 0.5) is 0 Å². The van der Waals surface area contributed by atoms with Gasteiger partial charge in [-0.3, -0.25) is 4.98 Å². The second kappa shape index (κ2) is 8.46. The van der Waals surface area contributed by atoms with Crippen LogP contribution < -0.4 is 5.32 Å². The first kappa shape index (κ1) is 17.9. The largest absolute Gasteiger partial charge is 0.312 e. The Labute approximate surface area is 161 Å². The van der Waals surface area contributed by atoms with Crippen LogP contribution in [0.5, 0.6) is 0 Å². The molecule has 1 aliphatic rings. The number of hydrogen-bond donors (Lipinski definition) is 1. The molecule has 1 aromatic carbocycles. The van der Waals surface area contributed by atoms with Crippen molar-refractivity contribution >= 4 is 0 Å². The van der Waals surface area contributed by atoms with Crippen molar-refractivity contribution in [1.29, 1.82) is 0 Å². The van der Waals surface area contributed by atoms with Crippen LogP contribution in [0.1, 0.15) is 18.4 Å². The summed E-state index contributed by atoms with van der Waals surface area (Å²) in [5.41, 5.74) is 4.34. The number of para-hydroxylation sites is 1. The summed E-state index contributed by atoms with van der Waals surface area (Å²) in [5, 5.41) is 8.52. The maximum absolute atomic E-state index is 4.86. The number of nitrogens with zero attached hydrogens (tertiary/aromatic N) is 4. The van der Waals surface area contributed by atoms with E-state index in [1.807, 2.05) is 35.1 Å². The van der Waals surface area contributed by atoms with Crippen LogP contribution in [0.25, 0.3) is 16.9 Å². The minimum absolute atomic E-state index is 0.771. The van der Waals surface area contributed by atoms with Crippen LogP contribution in [-0.4, -0.2) is 46.3 Å². The Morgan fingerprint density at radius 1 is 1.07 bits per heavy atom. The maximum atomic E-state index is 4.86. The lowest BCUT2D eigenvalue weighted by atomic mass is 9.97. The topological polar surface area (TPSA) is 46.0 Å². The minimum atomic E-state index is 0.771. The summed E-state index contributed by atoms with van der Waals surface area (Å²) in [7, 11) is 2.21. The van der Waals surface area contributed by atoms with Gasteiger partial charge in [-0.1, -0.05) is 18.2 Å². The average Bonchev–Trinajstić information content (AvgIpc) is 3.15. The quantitative estimate of drug-likeness (QED) is 0.731. The van der Waals surface area contributed by atoms with Crippen LogP contribution in [0.15, 0.2) is 61.1 Å². The molecule has 0 atom stereocenters. The van der Waals surface area contributed by atoms with Crippen LogP contribution >= 0.6 is 0 Å². The van der Waals surface area contributed by atoms with E-state index >= 15 is 0 Å². The maximum Gasteiger partial charge on any atom is 0.0988 e. The van der Waals surface area contributed by atoms with Crippen LogP contribution in [0.2, 0.25) is 0 Å². The summed E-state index contributed by atoms with van der Waals surface area (Å²) < 4.78 is 1.97. The zero-order valence-corrected chi connectivity index (χ0v) is 15.9. The van der Waals surface area contributed by atoms with Crippen molar-refractivity contribution in [3.63, 3.8) is 0 Å². The molecule has 0 spiro atoms. The molecule has 0 saturated carbocycles. The van der Waals surface area contributed by atoms with E-state index in [1.165, 1.54) is 31.5 Å². The summed E-state index contributed by atoms with van der Waals surface area (Å²) in [6.07, 6.45) is 8.39. The SMILES string of the molecule is CN1CCC(CNCc2cn(-c3ccccc3)nc2-c2cccnc2)CC1. The van der Waals surface area contributed by atoms with Crippen molar-refractivity contribution in [2.45, 2.75) is 19.4 Å². The molecule has 2 aromatic heterocycles. The molecule has 0 bridgehead atoms. The highest BCUT2D eigenvalue weighted by atomic mass is 15.3. The summed E-state index contributed by atoms with van der Waals surface area (Å²) in [4.78, 5) is 6.69. The number of aromatic nitrogens is 3. The summed E-state index contributed by atoms with van der Waals surface area (Å²) >= 11 is 0. The Balaban J connectivity index is 1.51. The number of benzene rings is 1. The molecule has 0 aliphatic carbocycles. The number of piperidine rings is 1. The highest BCUT2D eigenvalue weighted by molar-refractivity contribution is 5.62. The van der Waals surface area contributed by atoms with Gasteiger partial charge < -0.3 is 10.2 Å². The van der Waals surface area contributed by atoms with E-state index in [2.05, 4.69) is 46.6 Å². The molecule has 1 fully saturated rings.